The third-order valence-electron chi connectivity index (χ3n) is 7.49. The summed E-state index contributed by atoms with van der Waals surface area (Å²) < 4.78 is 19.6. The second-order valence-corrected chi connectivity index (χ2v) is 9.90. The Morgan fingerprint density at radius 1 is 1.13 bits per heavy atom. The van der Waals surface area contributed by atoms with Gasteiger partial charge in [-0.25, -0.2) is 4.68 Å². The van der Waals surface area contributed by atoms with Crippen LogP contribution in [0.1, 0.15) is 40.2 Å². The maximum atomic E-state index is 12.4. The Labute approximate surface area is 220 Å². The number of benzene rings is 3. The Morgan fingerprint density at radius 2 is 1.82 bits per heavy atom. The number of methoxy groups -OCH3 is 1. The lowest BCUT2D eigenvalue weighted by atomic mass is 9.87. The van der Waals surface area contributed by atoms with E-state index in [4.69, 9.17) is 19.9 Å². The number of rotatable bonds is 7. The van der Waals surface area contributed by atoms with E-state index < -0.39 is 11.9 Å². The van der Waals surface area contributed by atoms with Crippen molar-refractivity contribution in [2.45, 2.75) is 18.5 Å². The molecule has 1 aromatic heterocycles. The van der Waals surface area contributed by atoms with Crippen LogP contribution >= 0.6 is 0 Å². The minimum absolute atomic E-state index is 0.107. The van der Waals surface area contributed by atoms with Crippen LogP contribution in [0, 0.1) is 0 Å². The standard InChI is InChI=1S/C28H28N6O4/c1-34(16-22(29)35)14-13-20-15-21-26(38-17-37-21)27(36-2)23(20)25(34)28-30-31-32-33(28)24(18-9-5-3-6-10-18)19-11-7-4-8-12-19/h3-12,15,24-25H,13-14,16-17H2,1-2H3,(H-,29,35)/p+1/t25-,34+/m1/s1. The van der Waals surface area contributed by atoms with E-state index >= 15 is 0 Å². The van der Waals surface area contributed by atoms with Gasteiger partial charge >= 0.3 is 0 Å². The zero-order valence-corrected chi connectivity index (χ0v) is 21.3. The third kappa shape index (κ3) is 3.93. The molecule has 2 aliphatic rings. The molecular formula is C28H29N6O4+. The highest BCUT2D eigenvalue weighted by Crippen LogP contribution is 2.52. The van der Waals surface area contributed by atoms with Gasteiger partial charge in [0.25, 0.3) is 5.91 Å². The summed E-state index contributed by atoms with van der Waals surface area (Å²) in [5, 5.41) is 13.3. The highest BCUT2D eigenvalue weighted by Gasteiger charge is 2.48. The normalized spacial score (nSPS) is 19.8. The highest BCUT2D eigenvalue weighted by molar-refractivity contribution is 5.75. The zero-order valence-electron chi connectivity index (χ0n) is 21.3. The van der Waals surface area contributed by atoms with E-state index in [1.54, 1.807) is 7.11 Å². The van der Waals surface area contributed by atoms with E-state index in [1.807, 2.05) is 54.2 Å². The number of nitrogens with two attached hydrogens (primary N) is 1. The minimum atomic E-state index is -0.458. The van der Waals surface area contributed by atoms with Crippen molar-refractivity contribution in [1.29, 1.82) is 0 Å². The molecule has 0 fully saturated rings. The number of fused-ring (bicyclic) bond motifs is 2. The molecule has 1 amide bonds. The quantitative estimate of drug-likeness (QED) is 0.378. The molecule has 10 nitrogen and oxygen atoms in total. The number of tetrazole rings is 1. The molecule has 10 heteroatoms. The van der Waals surface area contributed by atoms with Crippen LogP contribution in [0.3, 0.4) is 0 Å². The number of hydrogen-bond donors (Lipinski definition) is 1. The molecule has 3 aromatic carbocycles. The fraction of sp³-hybridized carbons (Fsp3) is 0.286. The largest absolute Gasteiger partial charge is 0.492 e. The Bertz CT molecular complexity index is 1440. The van der Waals surface area contributed by atoms with Gasteiger partial charge in [-0.1, -0.05) is 60.7 Å². The second-order valence-electron chi connectivity index (χ2n) is 9.90. The maximum absolute atomic E-state index is 12.4. The monoisotopic (exact) mass is 513 g/mol. The van der Waals surface area contributed by atoms with Gasteiger partial charge in [0, 0.05) is 6.42 Å². The first-order chi connectivity index (χ1) is 18.5. The molecule has 0 saturated heterocycles. The molecule has 0 spiro atoms. The predicted molar refractivity (Wildman–Crippen MR) is 138 cm³/mol. The summed E-state index contributed by atoms with van der Waals surface area (Å²) >= 11 is 0. The van der Waals surface area contributed by atoms with Gasteiger partial charge in [0.2, 0.25) is 18.4 Å². The fourth-order valence-corrected chi connectivity index (χ4v) is 5.85. The molecule has 2 N–H and O–H groups in total. The summed E-state index contributed by atoms with van der Waals surface area (Å²) in [5.74, 6) is 1.97. The van der Waals surface area contributed by atoms with Crippen LogP contribution in [0.25, 0.3) is 0 Å². The second kappa shape index (κ2) is 9.46. The van der Waals surface area contributed by atoms with E-state index in [9.17, 15) is 4.79 Å². The number of likely N-dealkylation sites (N-methyl/N-ethyl adjacent to an activating group) is 1. The van der Waals surface area contributed by atoms with Crippen molar-refractivity contribution < 1.29 is 23.5 Å². The Hall–Kier alpha value is -4.44. The van der Waals surface area contributed by atoms with Crippen molar-refractivity contribution in [3.05, 3.63) is 94.8 Å². The van der Waals surface area contributed by atoms with Crippen molar-refractivity contribution >= 4 is 5.91 Å². The number of carbonyl (C=O) groups excluding carboxylic acids is 1. The van der Waals surface area contributed by atoms with Gasteiger partial charge < -0.3 is 24.4 Å². The predicted octanol–water partition coefficient (Wildman–Crippen LogP) is 2.63. The van der Waals surface area contributed by atoms with Crippen LogP contribution in [-0.2, 0) is 11.2 Å². The van der Waals surface area contributed by atoms with Crippen molar-refractivity contribution in [2.24, 2.45) is 5.73 Å². The van der Waals surface area contributed by atoms with Crippen molar-refractivity contribution in [3.8, 4) is 17.2 Å². The van der Waals surface area contributed by atoms with E-state index in [0.29, 0.717) is 36.0 Å². The fourth-order valence-electron chi connectivity index (χ4n) is 5.85. The molecular weight excluding hydrogens is 484 g/mol. The molecule has 0 radical (unpaired) electrons. The summed E-state index contributed by atoms with van der Waals surface area (Å²) in [7, 11) is 3.63. The van der Waals surface area contributed by atoms with Crippen molar-refractivity contribution in [1.82, 2.24) is 20.2 Å². The first-order valence-corrected chi connectivity index (χ1v) is 12.5. The molecule has 38 heavy (non-hydrogen) atoms. The van der Waals surface area contributed by atoms with E-state index in [1.165, 1.54) is 0 Å². The number of carbonyl (C=O) groups is 1. The molecule has 6 rings (SSSR count). The van der Waals surface area contributed by atoms with Gasteiger partial charge in [-0.3, -0.25) is 4.79 Å². The van der Waals surface area contributed by atoms with Crippen LogP contribution in [0.4, 0.5) is 0 Å². The summed E-state index contributed by atoms with van der Waals surface area (Å²) in [6.07, 6.45) is 0.699. The van der Waals surface area contributed by atoms with Gasteiger partial charge in [0.1, 0.15) is 6.04 Å². The third-order valence-corrected chi connectivity index (χ3v) is 7.49. The zero-order chi connectivity index (χ0) is 26.3. The van der Waals surface area contributed by atoms with Gasteiger partial charge in [-0.2, -0.15) is 0 Å². The van der Waals surface area contributed by atoms with E-state index in [0.717, 1.165) is 22.3 Å². The molecule has 0 unspecified atom stereocenters. The molecule has 2 aliphatic heterocycles. The van der Waals surface area contributed by atoms with E-state index in [-0.39, 0.29) is 23.9 Å². The molecule has 0 saturated carbocycles. The molecule has 0 bridgehead atoms. The lowest BCUT2D eigenvalue weighted by molar-refractivity contribution is -0.929. The molecule has 3 heterocycles. The summed E-state index contributed by atoms with van der Waals surface area (Å²) in [6, 6.07) is 21.5. The number of aromatic nitrogens is 4. The summed E-state index contributed by atoms with van der Waals surface area (Å²) in [5.41, 5.74) is 9.78. The van der Waals surface area contributed by atoms with Gasteiger partial charge in [0.15, 0.2) is 24.1 Å². The lowest BCUT2D eigenvalue weighted by Crippen LogP contribution is -2.56. The maximum Gasteiger partial charge on any atom is 0.272 e. The lowest BCUT2D eigenvalue weighted by Gasteiger charge is -2.44. The first-order valence-electron chi connectivity index (χ1n) is 12.5. The minimum Gasteiger partial charge on any atom is -0.492 e. The summed E-state index contributed by atoms with van der Waals surface area (Å²) in [6.45, 7) is 0.877. The average molecular weight is 514 g/mol. The number of nitrogens with zero attached hydrogens (tertiary/aromatic N) is 5. The SMILES string of the molecule is COc1c2c(cc3c1[C@H](c1nnnn1C(c1ccccc1)c1ccccc1)[N@+](C)(CC(N)=O)CC3)OCO2. The summed E-state index contributed by atoms with van der Waals surface area (Å²) in [4.78, 5) is 12.4. The average Bonchev–Trinajstić information content (AvgIpc) is 3.58. The highest BCUT2D eigenvalue weighted by atomic mass is 16.7. The topological polar surface area (TPSA) is 114 Å². The molecule has 4 aromatic rings. The van der Waals surface area contributed by atoms with Crippen molar-refractivity contribution in [3.63, 3.8) is 0 Å². The van der Waals surface area contributed by atoms with Crippen LogP contribution in [0.2, 0.25) is 0 Å². The Morgan fingerprint density at radius 3 is 2.45 bits per heavy atom. The van der Waals surface area contributed by atoms with Gasteiger partial charge in [-0.15, -0.1) is 5.10 Å². The smallest absolute Gasteiger partial charge is 0.272 e. The van der Waals surface area contributed by atoms with Crippen molar-refractivity contribution in [2.75, 3.05) is 34.0 Å². The van der Waals surface area contributed by atoms with Crippen LogP contribution < -0.4 is 19.9 Å². The number of quaternary nitrogens is 1. The van der Waals surface area contributed by atoms with Crippen LogP contribution in [-0.4, -0.2) is 64.6 Å². The first kappa shape index (κ1) is 23.9. The van der Waals surface area contributed by atoms with Crippen LogP contribution in [0.5, 0.6) is 17.2 Å². The number of primary amides is 1. The van der Waals surface area contributed by atoms with Crippen LogP contribution in [0.15, 0.2) is 66.7 Å². The van der Waals surface area contributed by atoms with Gasteiger partial charge in [-0.05, 0) is 33.2 Å². The Balaban J connectivity index is 1.60. The molecule has 2 atom stereocenters. The number of amides is 1. The van der Waals surface area contributed by atoms with E-state index in [2.05, 4.69) is 39.8 Å². The number of ether oxygens (including phenoxy) is 3. The Kier molecular flexibility index (Phi) is 5.96. The molecule has 0 aliphatic carbocycles. The number of hydrogen-bond acceptors (Lipinski definition) is 7. The molecule has 194 valence electrons. The van der Waals surface area contributed by atoms with Gasteiger partial charge in [0.05, 0.1) is 26.3 Å².